The summed E-state index contributed by atoms with van der Waals surface area (Å²) in [6.07, 6.45) is 2.65. The number of amides is 1. The number of nitrogens with two attached hydrogens (primary N) is 1. The van der Waals surface area contributed by atoms with Gasteiger partial charge in [0.25, 0.3) is 5.91 Å². The van der Waals surface area contributed by atoms with Gasteiger partial charge in [-0.15, -0.1) is 0 Å². The first kappa shape index (κ1) is 17.1. The third kappa shape index (κ3) is 3.51. The highest BCUT2D eigenvalue weighted by atomic mass is 19.1. The Hall–Kier alpha value is -3.74. The summed E-state index contributed by atoms with van der Waals surface area (Å²) in [4.78, 5) is 16.0. The SMILES string of the molecule is N=C(c1cccc(F)c1)c1cc(C(=O)N=Cc2ccco2)c(O)cc1N. The van der Waals surface area contributed by atoms with Crippen molar-refractivity contribution in [3.05, 3.63) is 83.1 Å². The first-order chi connectivity index (χ1) is 12.5. The molecule has 0 spiro atoms. The number of nitrogen functional groups attached to an aromatic ring is 1. The van der Waals surface area contributed by atoms with Gasteiger partial charge in [0.05, 0.1) is 23.8 Å². The zero-order valence-electron chi connectivity index (χ0n) is 13.4. The van der Waals surface area contributed by atoms with E-state index in [1.807, 2.05) is 0 Å². The minimum Gasteiger partial charge on any atom is -0.507 e. The smallest absolute Gasteiger partial charge is 0.280 e. The summed E-state index contributed by atoms with van der Waals surface area (Å²) < 4.78 is 18.4. The lowest BCUT2D eigenvalue weighted by Gasteiger charge is -2.11. The van der Waals surface area contributed by atoms with Gasteiger partial charge in [0.2, 0.25) is 0 Å². The molecule has 0 saturated carbocycles. The average Bonchev–Trinajstić information content (AvgIpc) is 3.13. The van der Waals surface area contributed by atoms with Crippen LogP contribution in [-0.2, 0) is 0 Å². The number of carbonyl (C=O) groups is 1. The van der Waals surface area contributed by atoms with Crippen molar-refractivity contribution >= 4 is 23.5 Å². The van der Waals surface area contributed by atoms with Crippen LogP contribution in [0.15, 0.2) is 64.2 Å². The molecular formula is C19H14FN3O3. The predicted molar refractivity (Wildman–Crippen MR) is 95.5 cm³/mol. The Morgan fingerprint density at radius 3 is 2.69 bits per heavy atom. The molecule has 4 N–H and O–H groups in total. The lowest BCUT2D eigenvalue weighted by atomic mass is 9.98. The number of phenols is 1. The Bertz CT molecular complexity index is 1010. The van der Waals surface area contributed by atoms with Crippen LogP contribution in [0.1, 0.15) is 27.2 Å². The van der Waals surface area contributed by atoms with Crippen molar-refractivity contribution in [2.24, 2.45) is 4.99 Å². The molecule has 26 heavy (non-hydrogen) atoms. The second-order valence-corrected chi connectivity index (χ2v) is 5.42. The molecule has 6 nitrogen and oxygen atoms in total. The Balaban J connectivity index is 1.96. The number of phenolic OH excluding ortho intramolecular Hbond substituents is 1. The summed E-state index contributed by atoms with van der Waals surface area (Å²) in [5, 5.41) is 18.3. The number of hydrogen-bond donors (Lipinski definition) is 3. The summed E-state index contributed by atoms with van der Waals surface area (Å²) in [5.41, 5.74) is 6.22. The molecular weight excluding hydrogens is 337 g/mol. The molecule has 1 heterocycles. The monoisotopic (exact) mass is 351 g/mol. The van der Waals surface area contributed by atoms with E-state index in [1.54, 1.807) is 18.2 Å². The molecule has 0 fully saturated rings. The van der Waals surface area contributed by atoms with E-state index in [2.05, 4.69) is 4.99 Å². The fourth-order valence-corrected chi connectivity index (χ4v) is 2.35. The highest BCUT2D eigenvalue weighted by Gasteiger charge is 2.17. The molecule has 0 bridgehead atoms. The van der Waals surface area contributed by atoms with Crippen molar-refractivity contribution in [1.29, 1.82) is 5.41 Å². The highest BCUT2D eigenvalue weighted by Crippen LogP contribution is 2.27. The fourth-order valence-electron chi connectivity index (χ4n) is 2.35. The molecule has 3 aromatic rings. The minimum absolute atomic E-state index is 0.0777. The van der Waals surface area contributed by atoms with Crippen LogP contribution in [0.3, 0.4) is 0 Å². The van der Waals surface area contributed by atoms with E-state index in [9.17, 15) is 14.3 Å². The number of aliphatic imine (C=N–C) groups is 1. The molecule has 0 aliphatic carbocycles. The molecule has 3 rings (SSSR count). The summed E-state index contributed by atoms with van der Waals surface area (Å²) in [5.74, 6) is -1.21. The maximum Gasteiger partial charge on any atom is 0.280 e. The summed E-state index contributed by atoms with van der Waals surface area (Å²) in [6.45, 7) is 0. The topological polar surface area (TPSA) is 113 Å². The van der Waals surface area contributed by atoms with Crippen LogP contribution in [-0.4, -0.2) is 22.9 Å². The summed E-state index contributed by atoms with van der Waals surface area (Å²) >= 11 is 0. The molecule has 2 aromatic carbocycles. The number of nitrogens with one attached hydrogen (secondary N) is 1. The second kappa shape index (κ2) is 7.02. The van der Waals surface area contributed by atoms with Gasteiger partial charge in [-0.25, -0.2) is 9.38 Å². The normalized spacial score (nSPS) is 11.0. The van der Waals surface area contributed by atoms with Crippen LogP contribution in [0.25, 0.3) is 0 Å². The number of hydrogen-bond acceptors (Lipinski definition) is 5. The van der Waals surface area contributed by atoms with Crippen LogP contribution in [0.4, 0.5) is 10.1 Å². The fraction of sp³-hybridized carbons (Fsp3) is 0. The van der Waals surface area contributed by atoms with E-state index in [0.29, 0.717) is 11.3 Å². The van der Waals surface area contributed by atoms with Gasteiger partial charge in [0, 0.05) is 22.9 Å². The first-order valence-corrected chi connectivity index (χ1v) is 7.55. The van der Waals surface area contributed by atoms with Gasteiger partial charge in [0.1, 0.15) is 17.3 Å². The molecule has 0 saturated heterocycles. The number of anilines is 1. The van der Waals surface area contributed by atoms with E-state index in [-0.39, 0.29) is 28.3 Å². The van der Waals surface area contributed by atoms with Gasteiger partial charge in [-0.1, -0.05) is 12.1 Å². The molecule has 7 heteroatoms. The molecule has 0 atom stereocenters. The van der Waals surface area contributed by atoms with Crippen molar-refractivity contribution in [3.8, 4) is 5.75 Å². The van der Waals surface area contributed by atoms with Crippen molar-refractivity contribution < 1.29 is 18.7 Å². The van der Waals surface area contributed by atoms with Crippen molar-refractivity contribution in [1.82, 2.24) is 0 Å². The van der Waals surface area contributed by atoms with Gasteiger partial charge >= 0.3 is 0 Å². The third-order valence-corrected chi connectivity index (χ3v) is 3.63. The Labute approximate surface area is 147 Å². The molecule has 130 valence electrons. The van der Waals surface area contributed by atoms with Gasteiger partial charge in [-0.05, 0) is 30.3 Å². The van der Waals surface area contributed by atoms with E-state index in [0.717, 1.165) is 0 Å². The maximum absolute atomic E-state index is 13.4. The lowest BCUT2D eigenvalue weighted by Crippen LogP contribution is -2.08. The lowest BCUT2D eigenvalue weighted by molar-refractivity contribution is 0.100. The summed E-state index contributed by atoms with van der Waals surface area (Å²) in [7, 11) is 0. The summed E-state index contributed by atoms with van der Waals surface area (Å²) in [6, 6.07) is 11.2. The maximum atomic E-state index is 13.4. The van der Waals surface area contributed by atoms with E-state index >= 15 is 0 Å². The molecule has 0 aliphatic rings. The predicted octanol–water partition coefficient (Wildman–Crippen LogP) is 3.38. The van der Waals surface area contributed by atoms with Gasteiger partial charge in [0.15, 0.2) is 0 Å². The quantitative estimate of drug-likeness (QED) is 0.494. The number of nitrogens with zero attached hydrogens (tertiary/aromatic N) is 1. The Morgan fingerprint density at radius 1 is 1.19 bits per heavy atom. The van der Waals surface area contributed by atoms with E-state index in [1.165, 1.54) is 42.8 Å². The van der Waals surface area contributed by atoms with Crippen molar-refractivity contribution in [3.63, 3.8) is 0 Å². The number of furan rings is 1. The average molecular weight is 351 g/mol. The zero-order chi connectivity index (χ0) is 18.7. The number of aromatic hydroxyl groups is 1. The minimum atomic E-state index is -0.729. The first-order valence-electron chi connectivity index (χ1n) is 7.55. The van der Waals surface area contributed by atoms with Crippen LogP contribution < -0.4 is 5.73 Å². The van der Waals surface area contributed by atoms with Crippen molar-refractivity contribution in [2.45, 2.75) is 0 Å². The van der Waals surface area contributed by atoms with E-state index in [4.69, 9.17) is 15.6 Å². The standard InChI is InChI=1S/C19H14FN3O3/c20-12-4-1-3-11(7-12)18(22)14-8-15(17(24)9-16(14)21)19(25)23-10-13-5-2-6-26-13/h1-10,22,24H,21H2. The van der Waals surface area contributed by atoms with Crippen LogP contribution >= 0.6 is 0 Å². The molecule has 0 unspecified atom stereocenters. The van der Waals surface area contributed by atoms with Crippen LogP contribution in [0.5, 0.6) is 5.75 Å². The third-order valence-electron chi connectivity index (χ3n) is 3.63. The number of halogens is 1. The molecule has 0 radical (unpaired) electrons. The molecule has 0 aliphatic heterocycles. The van der Waals surface area contributed by atoms with Crippen molar-refractivity contribution in [2.75, 3.05) is 5.73 Å². The number of rotatable bonds is 4. The Morgan fingerprint density at radius 2 is 2.00 bits per heavy atom. The van der Waals surface area contributed by atoms with E-state index < -0.39 is 11.7 Å². The largest absolute Gasteiger partial charge is 0.507 e. The zero-order valence-corrected chi connectivity index (χ0v) is 13.4. The number of benzene rings is 2. The van der Waals surface area contributed by atoms with Gasteiger partial charge in [-0.2, -0.15) is 0 Å². The number of carbonyl (C=O) groups excluding carboxylic acids is 1. The van der Waals surface area contributed by atoms with Crippen LogP contribution in [0.2, 0.25) is 0 Å². The van der Waals surface area contributed by atoms with Gasteiger partial charge in [-0.3, -0.25) is 10.2 Å². The molecule has 1 aromatic heterocycles. The van der Waals surface area contributed by atoms with Gasteiger partial charge < -0.3 is 15.3 Å². The highest BCUT2D eigenvalue weighted by molar-refractivity contribution is 6.15. The molecule has 1 amide bonds. The Kier molecular flexibility index (Phi) is 4.62. The second-order valence-electron chi connectivity index (χ2n) is 5.42. The van der Waals surface area contributed by atoms with Crippen LogP contribution in [0, 0.1) is 11.2 Å².